The van der Waals surface area contributed by atoms with Crippen molar-refractivity contribution in [3.8, 4) is 23.0 Å². The summed E-state index contributed by atoms with van der Waals surface area (Å²) in [5.74, 6) is -3.17. The summed E-state index contributed by atoms with van der Waals surface area (Å²) in [5, 5.41) is 42.4. The number of phenolic OH excluding ortho intramolecular Hbond substituents is 2. The van der Waals surface area contributed by atoms with Gasteiger partial charge in [-0.25, -0.2) is 0 Å². The maximum Gasteiger partial charge on any atom is 0.236 e. The van der Waals surface area contributed by atoms with Crippen molar-refractivity contribution in [2.45, 2.75) is 122 Å². The molecule has 432 valence electrons. The summed E-state index contributed by atoms with van der Waals surface area (Å²) in [5.41, 5.74) is 3.38. The van der Waals surface area contributed by atoms with Gasteiger partial charge in [0.05, 0.1) is 55.7 Å². The van der Waals surface area contributed by atoms with Crippen LogP contribution in [0.5, 0.6) is 23.0 Å². The van der Waals surface area contributed by atoms with Crippen LogP contribution in [0.1, 0.15) is 97.9 Å². The number of aryl methyl sites for hydroxylation is 4. The predicted octanol–water partition coefficient (Wildman–Crippen LogP) is 7.69. The number of imide groups is 2. The Morgan fingerprint density at radius 3 is 1.65 bits per heavy atom. The molecule has 0 radical (unpaired) electrons. The molecule has 4 fully saturated rings. The van der Waals surface area contributed by atoms with Gasteiger partial charge in [-0.2, -0.15) is 0 Å². The molecule has 4 aromatic carbocycles. The van der Waals surface area contributed by atoms with Crippen LogP contribution in [0.3, 0.4) is 0 Å². The topological polar surface area (TPSA) is 211 Å². The Hall–Kier alpha value is -6.40. The van der Waals surface area contributed by atoms with Crippen LogP contribution in [-0.2, 0) is 43.5 Å². The molecule has 0 aliphatic carbocycles. The number of nitrogens with zero attached hydrogens (tertiary/aromatic N) is 2. The van der Waals surface area contributed by atoms with E-state index in [1.165, 1.54) is 16.9 Å². The minimum absolute atomic E-state index is 0.0343. The number of aliphatic hydroxyl groups excluding tert-OH is 2. The summed E-state index contributed by atoms with van der Waals surface area (Å²) < 4.78 is 35.8. The first kappa shape index (κ1) is 57.8. The van der Waals surface area contributed by atoms with Crippen LogP contribution in [-0.4, -0.2) is 143 Å². The third-order valence-corrected chi connectivity index (χ3v) is 18.0. The molecule has 4 bridgehead atoms. The smallest absolute Gasteiger partial charge is 0.236 e. The Morgan fingerprint density at radius 2 is 1.11 bits per heavy atom. The standard InChI is InChI=1S/C65H78N2O14/c1-36(30-67-59(73)52-50-20-22-65(81-50,55(52)61(67)75)53(41-25-37(2)56(70)38(3)26-41)42-27-39(4)57(71)40(5)28-42)29-62(6,7)23-24-66-58(72)51-49-19-21-64(80-49,54(51)60(66)74)35-77-32-46(69)34-79-48-17-13-44(14-18-48)63(8,9)43-11-15-47(16-12-43)78-33-45(68)31-76-10/h11-22,25-28,36,45-46,49-55,68-71H,23-24,29-35H2,1-10H3. The van der Waals surface area contributed by atoms with Crippen molar-refractivity contribution in [3.63, 3.8) is 0 Å². The molecule has 6 aliphatic rings. The maximum atomic E-state index is 14.9. The third kappa shape index (κ3) is 10.6. The Balaban J connectivity index is 0.718. The van der Waals surface area contributed by atoms with E-state index in [4.69, 9.17) is 28.4 Å². The van der Waals surface area contributed by atoms with Gasteiger partial charge in [0, 0.05) is 31.5 Å². The van der Waals surface area contributed by atoms with E-state index in [-0.39, 0.29) is 92.6 Å². The van der Waals surface area contributed by atoms with Crippen molar-refractivity contribution < 1.29 is 68.0 Å². The monoisotopic (exact) mass is 1110 g/mol. The lowest BCUT2D eigenvalue weighted by Gasteiger charge is -2.38. The fraction of sp³-hybridized carbons (Fsp3) is 0.508. The molecule has 4 amide bonds. The van der Waals surface area contributed by atoms with Crippen molar-refractivity contribution in [2.75, 3.05) is 53.2 Å². The zero-order chi connectivity index (χ0) is 58.1. The lowest BCUT2D eigenvalue weighted by atomic mass is 9.66. The Labute approximate surface area is 474 Å². The van der Waals surface area contributed by atoms with Gasteiger partial charge < -0.3 is 48.8 Å². The van der Waals surface area contributed by atoms with Crippen LogP contribution in [0.2, 0.25) is 0 Å². The summed E-state index contributed by atoms with van der Waals surface area (Å²) >= 11 is 0. The quantitative estimate of drug-likeness (QED) is 0.0392. The van der Waals surface area contributed by atoms with Gasteiger partial charge in [-0.15, -0.1) is 0 Å². The average Bonchev–Trinajstić information content (AvgIpc) is 4.46. The van der Waals surface area contributed by atoms with Crippen molar-refractivity contribution in [1.82, 2.24) is 9.80 Å². The number of likely N-dealkylation sites (tertiary alicyclic amines) is 2. The molecule has 4 N–H and O–H groups in total. The van der Waals surface area contributed by atoms with Gasteiger partial charge in [-0.1, -0.05) is 107 Å². The first-order chi connectivity index (χ1) is 38.4. The molecule has 6 heterocycles. The molecule has 11 atom stereocenters. The molecule has 6 aliphatic heterocycles. The van der Waals surface area contributed by atoms with Crippen molar-refractivity contribution >= 4 is 23.6 Å². The second-order valence-corrected chi connectivity index (χ2v) is 25.1. The largest absolute Gasteiger partial charge is 0.507 e. The average molecular weight is 1110 g/mol. The van der Waals surface area contributed by atoms with E-state index in [2.05, 4.69) is 27.7 Å². The van der Waals surface area contributed by atoms with E-state index in [0.717, 1.165) is 22.3 Å². The molecular weight excluding hydrogens is 1030 g/mol. The number of carbonyl (C=O) groups is 4. The number of hydrogen-bond acceptors (Lipinski definition) is 14. The fourth-order valence-corrected chi connectivity index (χ4v) is 13.9. The van der Waals surface area contributed by atoms with E-state index in [1.807, 2.05) is 132 Å². The number of benzene rings is 4. The minimum atomic E-state index is -1.21. The fourth-order valence-electron chi connectivity index (χ4n) is 13.9. The van der Waals surface area contributed by atoms with E-state index in [9.17, 15) is 39.6 Å². The molecule has 0 saturated carbocycles. The highest BCUT2D eigenvalue weighted by Crippen LogP contribution is 2.60. The number of phenols is 2. The summed E-state index contributed by atoms with van der Waals surface area (Å²) in [4.78, 5) is 60.4. The van der Waals surface area contributed by atoms with Crippen LogP contribution in [0.4, 0.5) is 0 Å². The molecule has 4 saturated heterocycles. The summed E-state index contributed by atoms with van der Waals surface area (Å²) in [6.07, 6.45) is 5.71. The highest BCUT2D eigenvalue weighted by molar-refractivity contribution is 6.08. The number of ether oxygens (including phenoxy) is 6. The van der Waals surface area contributed by atoms with Crippen LogP contribution < -0.4 is 9.47 Å². The summed E-state index contributed by atoms with van der Waals surface area (Å²) in [6.45, 7) is 18.3. The lowest BCUT2D eigenvalue weighted by molar-refractivity contribution is -0.148. The molecular formula is C65H78N2O14. The van der Waals surface area contributed by atoms with E-state index in [1.54, 1.807) is 0 Å². The van der Waals surface area contributed by atoms with E-state index < -0.39 is 70.6 Å². The first-order valence-corrected chi connectivity index (χ1v) is 28.3. The minimum Gasteiger partial charge on any atom is -0.507 e. The lowest BCUT2D eigenvalue weighted by Crippen LogP contribution is -2.46. The summed E-state index contributed by atoms with van der Waals surface area (Å²) in [6, 6.07) is 23.1. The number of aromatic hydroxyl groups is 2. The number of aliphatic hydroxyl groups is 2. The number of rotatable bonds is 24. The Bertz CT molecular complexity index is 3030. The molecule has 11 unspecified atom stereocenters. The number of carbonyl (C=O) groups excluding carboxylic acids is 4. The number of methoxy groups -OCH3 is 1. The molecule has 0 spiro atoms. The molecule has 10 rings (SSSR count). The highest BCUT2D eigenvalue weighted by Gasteiger charge is 2.70. The van der Waals surface area contributed by atoms with Gasteiger partial charge in [0.2, 0.25) is 23.6 Å². The van der Waals surface area contributed by atoms with Crippen LogP contribution >= 0.6 is 0 Å². The number of fused-ring (bicyclic) bond motifs is 10. The first-order valence-electron chi connectivity index (χ1n) is 28.3. The Kier molecular flexibility index (Phi) is 15.7. The molecule has 81 heavy (non-hydrogen) atoms. The van der Waals surface area contributed by atoms with Crippen molar-refractivity contribution in [1.29, 1.82) is 0 Å². The number of hydrogen-bond donors (Lipinski definition) is 4. The van der Waals surface area contributed by atoms with E-state index in [0.29, 0.717) is 46.6 Å². The Morgan fingerprint density at radius 1 is 0.630 bits per heavy atom. The second kappa shape index (κ2) is 22.1. The van der Waals surface area contributed by atoms with Gasteiger partial charge >= 0.3 is 0 Å². The van der Waals surface area contributed by atoms with E-state index >= 15 is 0 Å². The zero-order valence-electron chi connectivity index (χ0n) is 48.1. The summed E-state index contributed by atoms with van der Waals surface area (Å²) in [7, 11) is 1.53. The highest BCUT2D eigenvalue weighted by atomic mass is 16.6. The van der Waals surface area contributed by atoms with Gasteiger partial charge in [0.15, 0.2) is 0 Å². The van der Waals surface area contributed by atoms with Crippen molar-refractivity contribution in [3.05, 3.63) is 142 Å². The van der Waals surface area contributed by atoms with Gasteiger partial charge in [-0.05, 0) is 121 Å². The van der Waals surface area contributed by atoms with Gasteiger partial charge in [0.1, 0.15) is 59.6 Å². The molecule has 0 aromatic heterocycles. The normalized spacial score (nSPS) is 26.6. The third-order valence-electron chi connectivity index (χ3n) is 18.0. The van der Waals surface area contributed by atoms with Crippen LogP contribution in [0.25, 0.3) is 0 Å². The van der Waals surface area contributed by atoms with Crippen molar-refractivity contribution in [2.24, 2.45) is 35.0 Å². The second-order valence-electron chi connectivity index (χ2n) is 25.1. The zero-order valence-corrected chi connectivity index (χ0v) is 48.1. The molecule has 16 nitrogen and oxygen atoms in total. The number of amides is 4. The van der Waals surface area contributed by atoms with Crippen LogP contribution in [0.15, 0.2) is 97.1 Å². The van der Waals surface area contributed by atoms with Gasteiger partial charge in [0.25, 0.3) is 0 Å². The van der Waals surface area contributed by atoms with Crippen LogP contribution in [0, 0.1) is 62.7 Å². The maximum absolute atomic E-state index is 14.9. The van der Waals surface area contributed by atoms with Gasteiger partial charge in [-0.3, -0.25) is 29.0 Å². The molecule has 16 heteroatoms. The predicted molar refractivity (Wildman–Crippen MR) is 301 cm³/mol. The SMILES string of the molecule is COCC(O)COc1ccc(C(C)(C)c2ccc(OCC(O)COCC34C=CC(O3)C3C(=O)N(CCC(C)(C)CC(C)CN5C(=O)C6C7C=CC(C(c8cc(C)c(O)c(C)c8)c8cc(C)c(O)c(C)c8)(O7)C6C5=O)C(=O)C34)cc2)cc1. The molecule has 4 aromatic rings.